The lowest BCUT2D eigenvalue weighted by molar-refractivity contribution is 0.0776. The standard InChI is InChI=1S/C11H17N5O2/c17-7-8-1-2-15(5-8)11(18)10-6-16(14-13-10)9-3-12-4-9/h6,8-9,12,17H,1-5,7H2. The number of rotatable bonds is 3. The fraction of sp³-hybridized carbons (Fsp3) is 0.727. The normalized spacial score (nSPS) is 24.3. The van der Waals surface area contributed by atoms with E-state index in [-0.39, 0.29) is 18.4 Å². The molecule has 18 heavy (non-hydrogen) atoms. The number of carbonyl (C=O) groups excluding carboxylic acids is 1. The first-order valence-electron chi connectivity index (χ1n) is 6.30. The van der Waals surface area contributed by atoms with Crippen molar-refractivity contribution in [3.63, 3.8) is 0 Å². The number of carbonyl (C=O) groups is 1. The molecule has 1 aromatic heterocycles. The molecule has 3 heterocycles. The third-order valence-corrected chi connectivity index (χ3v) is 3.69. The second-order valence-electron chi connectivity index (χ2n) is 4.98. The Hall–Kier alpha value is -1.47. The van der Waals surface area contributed by atoms with E-state index < -0.39 is 0 Å². The van der Waals surface area contributed by atoms with Crippen LogP contribution in [0.3, 0.4) is 0 Å². The molecule has 3 rings (SSSR count). The molecular weight excluding hydrogens is 234 g/mol. The van der Waals surface area contributed by atoms with E-state index in [1.165, 1.54) is 0 Å². The molecule has 1 amide bonds. The molecule has 0 saturated carbocycles. The highest BCUT2D eigenvalue weighted by Crippen LogP contribution is 2.18. The van der Waals surface area contributed by atoms with E-state index in [0.29, 0.717) is 24.8 Å². The number of nitrogens with zero attached hydrogens (tertiary/aromatic N) is 4. The van der Waals surface area contributed by atoms with Gasteiger partial charge >= 0.3 is 0 Å². The quantitative estimate of drug-likeness (QED) is 0.711. The zero-order valence-electron chi connectivity index (χ0n) is 10.1. The Morgan fingerprint density at radius 2 is 2.39 bits per heavy atom. The van der Waals surface area contributed by atoms with Crippen LogP contribution in [0.4, 0.5) is 0 Å². The van der Waals surface area contributed by atoms with Crippen LogP contribution in [-0.4, -0.2) is 63.7 Å². The fourth-order valence-corrected chi connectivity index (χ4v) is 2.34. The number of aromatic nitrogens is 3. The van der Waals surface area contributed by atoms with Gasteiger partial charge in [0, 0.05) is 38.7 Å². The molecule has 2 saturated heterocycles. The van der Waals surface area contributed by atoms with Crippen LogP contribution < -0.4 is 5.32 Å². The van der Waals surface area contributed by atoms with Gasteiger partial charge in [0.1, 0.15) is 0 Å². The highest BCUT2D eigenvalue weighted by Gasteiger charge is 2.29. The molecule has 98 valence electrons. The molecule has 2 N–H and O–H groups in total. The first-order chi connectivity index (χ1) is 8.78. The summed E-state index contributed by atoms with van der Waals surface area (Å²) in [5.74, 6) is 0.129. The van der Waals surface area contributed by atoms with Crippen molar-refractivity contribution in [1.82, 2.24) is 25.2 Å². The van der Waals surface area contributed by atoms with E-state index >= 15 is 0 Å². The minimum Gasteiger partial charge on any atom is -0.396 e. The second kappa shape index (κ2) is 4.66. The minimum atomic E-state index is -0.0792. The molecule has 0 spiro atoms. The Balaban J connectivity index is 1.66. The van der Waals surface area contributed by atoms with E-state index in [0.717, 1.165) is 19.5 Å². The maximum atomic E-state index is 12.2. The lowest BCUT2D eigenvalue weighted by Gasteiger charge is -2.26. The molecule has 1 aromatic rings. The number of aliphatic hydroxyl groups excluding tert-OH is 1. The van der Waals surface area contributed by atoms with Crippen LogP contribution in [0.2, 0.25) is 0 Å². The lowest BCUT2D eigenvalue weighted by atomic mass is 10.1. The molecule has 0 aliphatic carbocycles. The van der Waals surface area contributed by atoms with Gasteiger partial charge in [0.2, 0.25) is 0 Å². The monoisotopic (exact) mass is 251 g/mol. The predicted molar refractivity (Wildman–Crippen MR) is 63.0 cm³/mol. The van der Waals surface area contributed by atoms with Crippen molar-refractivity contribution in [1.29, 1.82) is 0 Å². The topological polar surface area (TPSA) is 83.3 Å². The van der Waals surface area contributed by atoms with E-state index in [4.69, 9.17) is 5.11 Å². The number of hydrogen-bond donors (Lipinski definition) is 2. The summed E-state index contributed by atoms with van der Waals surface area (Å²) in [5, 5.41) is 20.2. The number of nitrogens with one attached hydrogen (secondary N) is 1. The summed E-state index contributed by atoms with van der Waals surface area (Å²) in [7, 11) is 0. The van der Waals surface area contributed by atoms with Gasteiger partial charge < -0.3 is 15.3 Å². The van der Waals surface area contributed by atoms with Gasteiger partial charge in [-0.25, -0.2) is 4.68 Å². The number of hydrogen-bond acceptors (Lipinski definition) is 5. The molecule has 1 atom stereocenters. The summed E-state index contributed by atoms with van der Waals surface area (Å²) in [4.78, 5) is 13.9. The maximum Gasteiger partial charge on any atom is 0.276 e. The lowest BCUT2D eigenvalue weighted by Crippen LogP contribution is -2.43. The molecule has 2 aliphatic heterocycles. The van der Waals surface area contributed by atoms with Crippen molar-refractivity contribution in [2.75, 3.05) is 32.8 Å². The Labute approximate surface area is 105 Å². The molecule has 7 nitrogen and oxygen atoms in total. The van der Waals surface area contributed by atoms with Gasteiger partial charge in [0.15, 0.2) is 5.69 Å². The molecule has 0 aromatic carbocycles. The first kappa shape index (κ1) is 11.6. The highest BCUT2D eigenvalue weighted by molar-refractivity contribution is 5.92. The Bertz CT molecular complexity index is 442. The van der Waals surface area contributed by atoms with Crippen LogP contribution in [0.25, 0.3) is 0 Å². The fourth-order valence-electron chi connectivity index (χ4n) is 2.34. The van der Waals surface area contributed by atoms with Crippen molar-refractivity contribution in [3.8, 4) is 0 Å². The molecule has 0 radical (unpaired) electrons. The van der Waals surface area contributed by atoms with Crippen molar-refractivity contribution >= 4 is 5.91 Å². The van der Waals surface area contributed by atoms with E-state index in [2.05, 4.69) is 15.6 Å². The first-order valence-corrected chi connectivity index (χ1v) is 6.30. The van der Waals surface area contributed by atoms with Gasteiger partial charge in [0.05, 0.1) is 12.2 Å². The van der Waals surface area contributed by atoms with E-state index in [1.807, 2.05) is 0 Å². The third-order valence-electron chi connectivity index (χ3n) is 3.69. The zero-order valence-corrected chi connectivity index (χ0v) is 10.1. The average molecular weight is 251 g/mol. The van der Waals surface area contributed by atoms with Gasteiger partial charge in [-0.2, -0.15) is 0 Å². The highest BCUT2D eigenvalue weighted by atomic mass is 16.3. The summed E-state index contributed by atoms with van der Waals surface area (Å²) >= 11 is 0. The van der Waals surface area contributed by atoms with Crippen LogP contribution in [0.5, 0.6) is 0 Å². The SMILES string of the molecule is O=C(c1cn(C2CNC2)nn1)N1CCC(CO)C1. The van der Waals surface area contributed by atoms with Crippen LogP contribution in [0, 0.1) is 5.92 Å². The molecule has 0 bridgehead atoms. The zero-order chi connectivity index (χ0) is 12.5. The summed E-state index contributed by atoms with van der Waals surface area (Å²) in [6.07, 6.45) is 2.59. The number of aliphatic hydroxyl groups is 1. The number of amides is 1. The van der Waals surface area contributed by atoms with Crippen LogP contribution >= 0.6 is 0 Å². The summed E-state index contributed by atoms with van der Waals surface area (Å²) in [5.41, 5.74) is 0.403. The summed E-state index contributed by atoms with van der Waals surface area (Å²) < 4.78 is 1.75. The van der Waals surface area contributed by atoms with Gasteiger partial charge in [-0.3, -0.25) is 4.79 Å². The second-order valence-corrected chi connectivity index (χ2v) is 4.98. The molecular formula is C11H17N5O2. The Morgan fingerprint density at radius 3 is 3.00 bits per heavy atom. The predicted octanol–water partition coefficient (Wildman–Crippen LogP) is -1.12. The smallest absolute Gasteiger partial charge is 0.276 e. The largest absolute Gasteiger partial charge is 0.396 e. The summed E-state index contributed by atoms with van der Waals surface area (Å²) in [6, 6.07) is 0.322. The van der Waals surface area contributed by atoms with Crippen LogP contribution in [-0.2, 0) is 0 Å². The van der Waals surface area contributed by atoms with Gasteiger partial charge in [-0.1, -0.05) is 5.21 Å². The summed E-state index contributed by atoms with van der Waals surface area (Å²) in [6.45, 7) is 3.22. The van der Waals surface area contributed by atoms with Gasteiger partial charge in [-0.15, -0.1) is 5.10 Å². The van der Waals surface area contributed by atoms with Crippen LogP contribution in [0.15, 0.2) is 6.20 Å². The third kappa shape index (κ3) is 1.99. The Morgan fingerprint density at radius 1 is 1.56 bits per heavy atom. The number of likely N-dealkylation sites (tertiary alicyclic amines) is 1. The van der Waals surface area contributed by atoms with Crippen LogP contribution in [0.1, 0.15) is 23.0 Å². The minimum absolute atomic E-state index is 0.0792. The van der Waals surface area contributed by atoms with Crippen molar-refractivity contribution in [2.24, 2.45) is 5.92 Å². The van der Waals surface area contributed by atoms with E-state index in [9.17, 15) is 4.79 Å². The van der Waals surface area contributed by atoms with Crippen molar-refractivity contribution in [3.05, 3.63) is 11.9 Å². The van der Waals surface area contributed by atoms with E-state index in [1.54, 1.807) is 15.8 Å². The molecule has 2 fully saturated rings. The average Bonchev–Trinajstić information content (AvgIpc) is 2.94. The Kier molecular flexibility index (Phi) is 3.00. The molecule has 1 unspecified atom stereocenters. The van der Waals surface area contributed by atoms with Crippen molar-refractivity contribution < 1.29 is 9.90 Å². The van der Waals surface area contributed by atoms with Gasteiger partial charge in [-0.05, 0) is 6.42 Å². The van der Waals surface area contributed by atoms with Crippen molar-refractivity contribution in [2.45, 2.75) is 12.5 Å². The molecule has 7 heteroatoms. The molecule has 2 aliphatic rings. The maximum absolute atomic E-state index is 12.2. The van der Waals surface area contributed by atoms with Gasteiger partial charge in [0.25, 0.3) is 5.91 Å².